The van der Waals surface area contributed by atoms with E-state index in [1.165, 1.54) is 22.2 Å². The number of rotatable bonds is 5. The largest absolute Gasteiger partial charge is 0.465 e. The lowest BCUT2D eigenvalue weighted by molar-refractivity contribution is -0.139. The van der Waals surface area contributed by atoms with Gasteiger partial charge in [-0.1, -0.05) is 11.8 Å². The molecule has 0 aromatic carbocycles. The Bertz CT molecular complexity index is 779. The van der Waals surface area contributed by atoms with Crippen molar-refractivity contribution in [2.75, 3.05) is 12.4 Å². The quantitative estimate of drug-likeness (QED) is 0.476. The van der Waals surface area contributed by atoms with Crippen molar-refractivity contribution in [3.63, 3.8) is 0 Å². The molecule has 2 aromatic heterocycles. The number of carbonyl (C=O) groups excluding carboxylic acids is 1. The molecule has 0 N–H and O–H groups in total. The number of carbonyl (C=O) groups is 1. The molecule has 2 heterocycles. The Morgan fingerprint density at radius 3 is 2.95 bits per heavy atom. The van der Waals surface area contributed by atoms with E-state index in [1.54, 1.807) is 22.8 Å². The summed E-state index contributed by atoms with van der Waals surface area (Å²) in [6, 6.07) is 0. The van der Waals surface area contributed by atoms with Gasteiger partial charge < -0.3 is 4.74 Å². The van der Waals surface area contributed by atoms with Crippen molar-refractivity contribution < 1.29 is 9.53 Å². The number of hydrogen-bond acceptors (Lipinski definition) is 6. The van der Waals surface area contributed by atoms with E-state index >= 15 is 0 Å². The summed E-state index contributed by atoms with van der Waals surface area (Å²) in [4.78, 5) is 31.0. The predicted octanol–water partition coefficient (Wildman–Crippen LogP) is 2.62. The van der Waals surface area contributed by atoms with E-state index in [4.69, 9.17) is 4.74 Å². The van der Waals surface area contributed by atoms with Crippen LogP contribution in [0.5, 0.6) is 0 Å². The standard InChI is InChI=1S/C15H18N2O3S2/c1-3-17-14(19)12-9-6-5-7-10(9)22-13(12)16-15(17)21-8-11(18)20-4-2/h3-8H2,1-2H3. The minimum atomic E-state index is -0.279. The number of thioether (sulfide) groups is 1. The second kappa shape index (κ2) is 6.42. The van der Waals surface area contributed by atoms with Crippen LogP contribution in [0.15, 0.2) is 9.95 Å². The van der Waals surface area contributed by atoms with Crippen molar-refractivity contribution in [3.8, 4) is 0 Å². The molecule has 0 spiro atoms. The van der Waals surface area contributed by atoms with Crippen LogP contribution in [-0.4, -0.2) is 27.9 Å². The van der Waals surface area contributed by atoms with Crippen molar-refractivity contribution in [3.05, 3.63) is 20.8 Å². The van der Waals surface area contributed by atoms with Crippen molar-refractivity contribution in [2.24, 2.45) is 0 Å². The average molecular weight is 338 g/mol. The second-order valence-corrected chi connectivity index (χ2v) is 7.10. The molecule has 3 rings (SSSR count). The third-order valence-electron chi connectivity index (χ3n) is 3.73. The van der Waals surface area contributed by atoms with E-state index in [-0.39, 0.29) is 17.3 Å². The highest BCUT2D eigenvalue weighted by molar-refractivity contribution is 7.99. The average Bonchev–Trinajstić information content (AvgIpc) is 3.05. The Balaban J connectivity index is 2.00. The molecule has 0 unspecified atom stereocenters. The molecule has 1 aliphatic rings. The number of fused-ring (bicyclic) bond motifs is 3. The fraction of sp³-hybridized carbons (Fsp3) is 0.533. The molecule has 0 saturated heterocycles. The third-order valence-corrected chi connectivity index (χ3v) is 5.87. The zero-order valence-corrected chi connectivity index (χ0v) is 14.3. The number of aromatic nitrogens is 2. The summed E-state index contributed by atoms with van der Waals surface area (Å²) < 4.78 is 6.60. The number of esters is 1. The monoisotopic (exact) mass is 338 g/mol. The molecule has 7 heteroatoms. The van der Waals surface area contributed by atoms with Crippen LogP contribution in [0.25, 0.3) is 10.2 Å². The molecule has 2 aromatic rings. The van der Waals surface area contributed by atoms with Gasteiger partial charge in [-0.05, 0) is 38.7 Å². The van der Waals surface area contributed by atoms with Gasteiger partial charge in [0.05, 0.1) is 17.7 Å². The minimum Gasteiger partial charge on any atom is -0.465 e. The summed E-state index contributed by atoms with van der Waals surface area (Å²) in [6.45, 7) is 4.62. The Labute approximate surface area is 136 Å². The lowest BCUT2D eigenvalue weighted by Gasteiger charge is -2.09. The maximum Gasteiger partial charge on any atom is 0.316 e. The highest BCUT2D eigenvalue weighted by Crippen LogP contribution is 2.35. The van der Waals surface area contributed by atoms with Crippen LogP contribution in [0.3, 0.4) is 0 Å². The van der Waals surface area contributed by atoms with Gasteiger partial charge in [-0.2, -0.15) is 0 Å². The molecular formula is C15H18N2O3S2. The highest BCUT2D eigenvalue weighted by Gasteiger charge is 2.23. The summed E-state index contributed by atoms with van der Waals surface area (Å²) in [5, 5.41) is 1.40. The first kappa shape index (κ1) is 15.6. The summed E-state index contributed by atoms with van der Waals surface area (Å²) in [7, 11) is 0. The summed E-state index contributed by atoms with van der Waals surface area (Å²) >= 11 is 2.90. The zero-order chi connectivity index (χ0) is 15.7. The van der Waals surface area contributed by atoms with Gasteiger partial charge in [-0.15, -0.1) is 11.3 Å². The Kier molecular flexibility index (Phi) is 4.54. The normalized spacial score (nSPS) is 13.5. The maximum atomic E-state index is 12.8. The Morgan fingerprint density at radius 1 is 1.41 bits per heavy atom. The van der Waals surface area contributed by atoms with Gasteiger partial charge in [0, 0.05) is 11.4 Å². The highest BCUT2D eigenvalue weighted by atomic mass is 32.2. The molecule has 0 saturated carbocycles. The molecule has 0 radical (unpaired) electrons. The van der Waals surface area contributed by atoms with Crippen LogP contribution in [0.1, 0.15) is 30.7 Å². The number of thiophene rings is 1. The fourth-order valence-corrected chi connectivity index (χ4v) is 4.94. The molecule has 0 bridgehead atoms. The lowest BCUT2D eigenvalue weighted by atomic mass is 10.2. The van der Waals surface area contributed by atoms with Crippen molar-refractivity contribution in [1.29, 1.82) is 0 Å². The molecule has 0 aliphatic heterocycles. The number of nitrogens with zero attached hydrogens (tertiary/aromatic N) is 2. The fourth-order valence-electron chi connectivity index (χ4n) is 2.77. The first-order valence-corrected chi connectivity index (χ1v) is 9.29. The van der Waals surface area contributed by atoms with Crippen LogP contribution in [0, 0.1) is 0 Å². The molecule has 0 atom stereocenters. The van der Waals surface area contributed by atoms with Crippen molar-refractivity contribution in [2.45, 2.75) is 44.8 Å². The maximum absolute atomic E-state index is 12.8. The molecular weight excluding hydrogens is 320 g/mol. The van der Waals surface area contributed by atoms with Crippen LogP contribution < -0.4 is 5.56 Å². The predicted molar refractivity (Wildman–Crippen MR) is 88.9 cm³/mol. The Hall–Kier alpha value is -1.34. The van der Waals surface area contributed by atoms with Crippen LogP contribution in [0.2, 0.25) is 0 Å². The third kappa shape index (κ3) is 2.67. The first-order valence-electron chi connectivity index (χ1n) is 7.49. The van der Waals surface area contributed by atoms with Crippen molar-refractivity contribution in [1.82, 2.24) is 9.55 Å². The van der Waals surface area contributed by atoms with E-state index < -0.39 is 0 Å². The SMILES string of the molecule is CCOC(=O)CSc1nc2sc3c(c2c(=O)n1CC)CCC3. The minimum absolute atomic E-state index is 0.0262. The van der Waals surface area contributed by atoms with E-state index in [9.17, 15) is 9.59 Å². The van der Waals surface area contributed by atoms with Gasteiger partial charge in [-0.25, -0.2) is 4.98 Å². The van der Waals surface area contributed by atoms with Crippen LogP contribution >= 0.6 is 23.1 Å². The molecule has 1 aliphatic carbocycles. The summed E-state index contributed by atoms with van der Waals surface area (Å²) in [5.74, 6) is -0.102. The molecule has 0 fully saturated rings. The lowest BCUT2D eigenvalue weighted by Crippen LogP contribution is -2.23. The molecule has 0 amide bonds. The van der Waals surface area contributed by atoms with Gasteiger partial charge in [0.15, 0.2) is 5.16 Å². The number of hydrogen-bond donors (Lipinski definition) is 0. The topological polar surface area (TPSA) is 61.2 Å². The van der Waals surface area contributed by atoms with Crippen molar-refractivity contribution >= 4 is 39.3 Å². The second-order valence-electron chi connectivity index (χ2n) is 5.07. The number of ether oxygens (including phenoxy) is 1. The van der Waals surface area contributed by atoms with Crippen LogP contribution in [-0.2, 0) is 28.9 Å². The van der Waals surface area contributed by atoms with Gasteiger partial charge >= 0.3 is 5.97 Å². The van der Waals surface area contributed by atoms with Gasteiger partial charge in [0.1, 0.15) is 4.83 Å². The van der Waals surface area contributed by atoms with Crippen LogP contribution in [0.4, 0.5) is 0 Å². The van der Waals surface area contributed by atoms with Gasteiger partial charge in [0.2, 0.25) is 0 Å². The van der Waals surface area contributed by atoms with E-state index in [0.29, 0.717) is 18.3 Å². The molecule has 22 heavy (non-hydrogen) atoms. The van der Waals surface area contributed by atoms with E-state index in [1.807, 2.05) is 6.92 Å². The van der Waals surface area contributed by atoms with E-state index in [0.717, 1.165) is 29.5 Å². The molecule has 118 valence electrons. The molecule has 5 nitrogen and oxygen atoms in total. The summed E-state index contributed by atoms with van der Waals surface area (Å²) in [6.07, 6.45) is 3.15. The van der Waals surface area contributed by atoms with E-state index in [2.05, 4.69) is 4.98 Å². The zero-order valence-electron chi connectivity index (χ0n) is 12.7. The van der Waals surface area contributed by atoms with Gasteiger partial charge in [0.25, 0.3) is 5.56 Å². The summed E-state index contributed by atoms with van der Waals surface area (Å²) in [5.41, 5.74) is 1.22. The number of aryl methyl sites for hydroxylation is 2. The smallest absolute Gasteiger partial charge is 0.316 e. The first-order chi connectivity index (χ1) is 10.7. The Morgan fingerprint density at radius 2 is 2.23 bits per heavy atom. The van der Waals surface area contributed by atoms with Gasteiger partial charge in [-0.3, -0.25) is 14.2 Å².